The largest absolute Gasteiger partial charge is 0.351 e. The Hall–Kier alpha value is -1.91. The normalized spacial score (nSPS) is 14.7. The number of carbonyl (C=O) groups is 2. The highest BCUT2D eigenvalue weighted by Gasteiger charge is 2.20. The van der Waals surface area contributed by atoms with Gasteiger partial charge in [-0.05, 0) is 37.8 Å². The number of rotatable bonds is 6. The summed E-state index contributed by atoms with van der Waals surface area (Å²) in [6, 6.07) is 5.07. The van der Waals surface area contributed by atoms with Gasteiger partial charge in [0.1, 0.15) is 11.4 Å². The first-order valence-electron chi connectivity index (χ1n) is 8.27. The lowest BCUT2D eigenvalue weighted by atomic mass is 10.1. The Labute approximate surface area is 132 Å². The van der Waals surface area contributed by atoms with Gasteiger partial charge in [-0.3, -0.25) is 9.59 Å². The van der Waals surface area contributed by atoms with Gasteiger partial charge in [-0.15, -0.1) is 0 Å². The molecule has 2 amide bonds. The maximum atomic E-state index is 12.4. The quantitative estimate of drug-likeness (QED) is 0.822. The van der Waals surface area contributed by atoms with Gasteiger partial charge in [0.05, 0.1) is 0 Å². The third kappa shape index (κ3) is 4.55. The summed E-state index contributed by atoms with van der Waals surface area (Å²) in [4.78, 5) is 30.5. The maximum Gasteiger partial charge on any atom is 0.272 e. The van der Waals surface area contributed by atoms with Gasteiger partial charge in [-0.1, -0.05) is 25.8 Å². The molecule has 1 aliphatic rings. The van der Waals surface area contributed by atoms with Crippen molar-refractivity contribution < 1.29 is 9.59 Å². The van der Waals surface area contributed by atoms with E-state index in [1.807, 2.05) is 4.90 Å². The summed E-state index contributed by atoms with van der Waals surface area (Å²) in [5.41, 5.74) is 0.683. The van der Waals surface area contributed by atoms with E-state index in [1.165, 1.54) is 6.42 Å². The van der Waals surface area contributed by atoms with Crippen molar-refractivity contribution in [3.05, 3.63) is 29.6 Å². The van der Waals surface area contributed by atoms with Crippen LogP contribution in [0.4, 0.5) is 0 Å². The number of likely N-dealkylation sites (tertiary alicyclic amines) is 1. The van der Waals surface area contributed by atoms with E-state index >= 15 is 0 Å². The number of piperidine rings is 1. The fraction of sp³-hybridized carbons (Fsp3) is 0.588. The Morgan fingerprint density at radius 1 is 1.14 bits per heavy atom. The van der Waals surface area contributed by atoms with Crippen LogP contribution in [0.5, 0.6) is 0 Å². The molecule has 5 nitrogen and oxygen atoms in total. The smallest absolute Gasteiger partial charge is 0.272 e. The average molecular weight is 303 g/mol. The third-order valence-corrected chi connectivity index (χ3v) is 3.91. The summed E-state index contributed by atoms with van der Waals surface area (Å²) in [7, 11) is 0. The van der Waals surface area contributed by atoms with Gasteiger partial charge in [0, 0.05) is 19.6 Å². The van der Waals surface area contributed by atoms with E-state index in [0.29, 0.717) is 17.9 Å². The molecule has 2 rings (SSSR count). The van der Waals surface area contributed by atoms with Gasteiger partial charge in [0.15, 0.2) is 0 Å². The molecule has 0 atom stereocenters. The molecule has 0 aliphatic carbocycles. The minimum absolute atomic E-state index is 0.0691. The first-order valence-corrected chi connectivity index (χ1v) is 8.27. The molecular formula is C17H25N3O2. The van der Waals surface area contributed by atoms with Crippen LogP contribution < -0.4 is 5.32 Å². The molecule has 1 aromatic heterocycles. The Bertz CT molecular complexity index is 510. The molecule has 120 valence electrons. The van der Waals surface area contributed by atoms with Crippen molar-refractivity contribution in [2.75, 3.05) is 19.6 Å². The number of hydrogen-bond donors (Lipinski definition) is 1. The lowest BCUT2D eigenvalue weighted by Gasteiger charge is -2.26. The summed E-state index contributed by atoms with van der Waals surface area (Å²) < 4.78 is 0. The van der Waals surface area contributed by atoms with Gasteiger partial charge in [-0.2, -0.15) is 0 Å². The van der Waals surface area contributed by atoms with Crippen LogP contribution in [0.1, 0.15) is 66.4 Å². The fourth-order valence-electron chi connectivity index (χ4n) is 2.61. The minimum Gasteiger partial charge on any atom is -0.351 e. The predicted molar refractivity (Wildman–Crippen MR) is 85.8 cm³/mol. The molecule has 0 spiro atoms. The van der Waals surface area contributed by atoms with Crippen LogP contribution >= 0.6 is 0 Å². The van der Waals surface area contributed by atoms with Crippen molar-refractivity contribution in [1.82, 2.24) is 15.2 Å². The van der Waals surface area contributed by atoms with Crippen molar-refractivity contribution in [2.24, 2.45) is 0 Å². The average Bonchev–Trinajstić information content (AvgIpc) is 2.59. The van der Waals surface area contributed by atoms with Crippen LogP contribution in [-0.2, 0) is 0 Å². The Morgan fingerprint density at radius 3 is 2.59 bits per heavy atom. The second kappa shape index (κ2) is 8.51. The predicted octanol–water partition coefficient (Wildman–Crippen LogP) is 2.63. The molecule has 5 heteroatoms. The Morgan fingerprint density at radius 2 is 1.86 bits per heavy atom. The molecule has 0 aromatic carbocycles. The molecule has 0 unspecified atom stereocenters. The first-order chi connectivity index (χ1) is 10.7. The lowest BCUT2D eigenvalue weighted by molar-refractivity contribution is 0.0718. The van der Waals surface area contributed by atoms with Crippen LogP contribution in [0, 0.1) is 0 Å². The number of hydrogen-bond acceptors (Lipinski definition) is 3. The topological polar surface area (TPSA) is 62.3 Å². The summed E-state index contributed by atoms with van der Waals surface area (Å²) in [5.74, 6) is -0.273. The number of carbonyl (C=O) groups excluding carboxylic acids is 2. The highest BCUT2D eigenvalue weighted by Crippen LogP contribution is 2.12. The maximum absolute atomic E-state index is 12.4. The molecule has 1 saturated heterocycles. The van der Waals surface area contributed by atoms with Crippen molar-refractivity contribution in [3.8, 4) is 0 Å². The van der Waals surface area contributed by atoms with E-state index in [2.05, 4.69) is 17.2 Å². The van der Waals surface area contributed by atoms with Crippen molar-refractivity contribution >= 4 is 11.8 Å². The van der Waals surface area contributed by atoms with E-state index < -0.39 is 0 Å². The zero-order valence-corrected chi connectivity index (χ0v) is 13.3. The molecule has 1 aromatic rings. The highest BCUT2D eigenvalue weighted by molar-refractivity contribution is 5.96. The Kier molecular flexibility index (Phi) is 6.37. The summed E-state index contributed by atoms with van der Waals surface area (Å²) in [6.45, 7) is 4.35. The zero-order chi connectivity index (χ0) is 15.8. The van der Waals surface area contributed by atoms with Crippen LogP contribution in [0.2, 0.25) is 0 Å². The van der Waals surface area contributed by atoms with Crippen molar-refractivity contribution in [3.63, 3.8) is 0 Å². The fourth-order valence-corrected chi connectivity index (χ4v) is 2.61. The number of nitrogens with one attached hydrogen (secondary N) is 1. The van der Waals surface area contributed by atoms with Gasteiger partial charge in [0.25, 0.3) is 11.8 Å². The monoisotopic (exact) mass is 303 g/mol. The lowest BCUT2D eigenvalue weighted by Crippen LogP contribution is -2.36. The van der Waals surface area contributed by atoms with E-state index in [9.17, 15) is 9.59 Å². The molecule has 22 heavy (non-hydrogen) atoms. The third-order valence-electron chi connectivity index (χ3n) is 3.91. The van der Waals surface area contributed by atoms with Crippen molar-refractivity contribution in [1.29, 1.82) is 0 Å². The van der Waals surface area contributed by atoms with E-state index in [4.69, 9.17) is 0 Å². The molecule has 1 aliphatic heterocycles. The van der Waals surface area contributed by atoms with Crippen LogP contribution in [0.15, 0.2) is 18.2 Å². The standard InChI is InChI=1S/C17H25N3O2/c1-2-3-5-11-18-16(21)14-9-8-10-15(19-14)17(22)20-12-6-4-7-13-20/h8-10H,2-7,11-13H2,1H3,(H,18,21). The second-order valence-electron chi connectivity index (χ2n) is 5.72. The molecule has 1 N–H and O–H groups in total. The van der Waals surface area contributed by atoms with Crippen molar-refractivity contribution in [2.45, 2.75) is 45.4 Å². The molecule has 0 bridgehead atoms. The second-order valence-corrected chi connectivity index (χ2v) is 5.72. The van der Waals surface area contributed by atoms with E-state index in [1.54, 1.807) is 18.2 Å². The number of amides is 2. The Balaban J connectivity index is 1.96. The molecule has 0 radical (unpaired) electrons. The van der Waals surface area contributed by atoms with Crippen LogP contribution in [0.3, 0.4) is 0 Å². The highest BCUT2D eigenvalue weighted by atomic mass is 16.2. The number of pyridine rings is 1. The van der Waals surface area contributed by atoms with Gasteiger partial charge < -0.3 is 10.2 Å². The van der Waals surface area contributed by atoms with Gasteiger partial charge >= 0.3 is 0 Å². The minimum atomic E-state index is -0.204. The van der Waals surface area contributed by atoms with Crippen LogP contribution in [0.25, 0.3) is 0 Å². The van der Waals surface area contributed by atoms with Gasteiger partial charge in [0.2, 0.25) is 0 Å². The van der Waals surface area contributed by atoms with Crippen LogP contribution in [-0.4, -0.2) is 41.3 Å². The summed E-state index contributed by atoms with van der Waals surface area (Å²) in [5, 5.41) is 2.85. The summed E-state index contributed by atoms with van der Waals surface area (Å²) >= 11 is 0. The van der Waals surface area contributed by atoms with Gasteiger partial charge in [-0.25, -0.2) is 4.98 Å². The molecular weight excluding hydrogens is 278 g/mol. The first kappa shape index (κ1) is 16.5. The zero-order valence-electron chi connectivity index (χ0n) is 13.3. The molecule has 1 fully saturated rings. The van der Waals surface area contributed by atoms with E-state index in [-0.39, 0.29) is 11.8 Å². The SMILES string of the molecule is CCCCCNC(=O)c1cccc(C(=O)N2CCCCC2)n1. The summed E-state index contributed by atoms with van der Waals surface area (Å²) in [6.07, 6.45) is 6.45. The van der Waals surface area contributed by atoms with E-state index in [0.717, 1.165) is 45.2 Å². The number of nitrogens with zero attached hydrogens (tertiary/aromatic N) is 2. The number of unbranched alkanes of at least 4 members (excludes halogenated alkanes) is 2. The molecule has 2 heterocycles. The molecule has 0 saturated carbocycles. The number of aromatic nitrogens is 1.